The Morgan fingerprint density at radius 2 is 1.94 bits per heavy atom. The molecule has 0 unspecified atom stereocenters. The summed E-state index contributed by atoms with van der Waals surface area (Å²) in [6.07, 6.45) is 3.10. The standard InChI is InChI=1S/C13H24N2O2/c1-13(2,3)17-12(16)15-5-4-9-6-11(14)7-10(9)8-15/h9-11H,4-8,14H2,1-3H3/t9-,10-,11+/m1/s1. The lowest BCUT2D eigenvalue weighted by molar-refractivity contribution is 0.0127. The third-order valence-corrected chi connectivity index (χ3v) is 3.75. The maximum absolute atomic E-state index is 12.0. The van der Waals surface area contributed by atoms with Gasteiger partial charge in [-0.15, -0.1) is 0 Å². The van der Waals surface area contributed by atoms with E-state index in [0.29, 0.717) is 12.0 Å². The van der Waals surface area contributed by atoms with Crippen molar-refractivity contribution in [3.05, 3.63) is 0 Å². The van der Waals surface area contributed by atoms with Crippen LogP contribution in [-0.4, -0.2) is 35.7 Å². The molecule has 1 saturated heterocycles. The maximum atomic E-state index is 12.0. The summed E-state index contributed by atoms with van der Waals surface area (Å²) in [7, 11) is 0. The number of rotatable bonds is 0. The van der Waals surface area contributed by atoms with Crippen LogP contribution >= 0.6 is 0 Å². The van der Waals surface area contributed by atoms with Crippen LogP contribution in [0.5, 0.6) is 0 Å². The van der Waals surface area contributed by atoms with Crippen LogP contribution in [0.1, 0.15) is 40.0 Å². The highest BCUT2D eigenvalue weighted by Gasteiger charge is 2.38. The fraction of sp³-hybridized carbons (Fsp3) is 0.923. The van der Waals surface area contributed by atoms with Crippen molar-refractivity contribution < 1.29 is 9.53 Å². The van der Waals surface area contributed by atoms with Crippen LogP contribution in [0.15, 0.2) is 0 Å². The molecular formula is C13H24N2O2. The van der Waals surface area contributed by atoms with Gasteiger partial charge in [0, 0.05) is 19.1 Å². The first-order chi connectivity index (χ1) is 7.85. The molecule has 2 rings (SSSR count). The fourth-order valence-corrected chi connectivity index (χ4v) is 3.02. The summed E-state index contributed by atoms with van der Waals surface area (Å²) in [5.74, 6) is 1.31. The smallest absolute Gasteiger partial charge is 0.410 e. The van der Waals surface area contributed by atoms with Gasteiger partial charge < -0.3 is 15.4 Å². The van der Waals surface area contributed by atoms with Gasteiger partial charge >= 0.3 is 6.09 Å². The van der Waals surface area contributed by atoms with Gasteiger partial charge in [-0.3, -0.25) is 0 Å². The number of piperidine rings is 1. The third-order valence-electron chi connectivity index (χ3n) is 3.75. The van der Waals surface area contributed by atoms with Gasteiger partial charge in [-0.2, -0.15) is 0 Å². The largest absolute Gasteiger partial charge is 0.444 e. The Labute approximate surface area is 103 Å². The lowest BCUT2D eigenvalue weighted by atomic mass is 9.89. The second-order valence-electron chi connectivity index (χ2n) is 6.47. The molecule has 0 radical (unpaired) electrons. The van der Waals surface area contributed by atoms with Gasteiger partial charge in [-0.25, -0.2) is 4.79 Å². The number of nitrogens with two attached hydrogens (primary N) is 1. The summed E-state index contributed by atoms with van der Waals surface area (Å²) >= 11 is 0. The Balaban J connectivity index is 1.90. The van der Waals surface area contributed by atoms with E-state index in [1.165, 1.54) is 0 Å². The fourth-order valence-electron chi connectivity index (χ4n) is 3.02. The molecule has 0 aromatic carbocycles. The second-order valence-corrected chi connectivity index (χ2v) is 6.47. The summed E-state index contributed by atoms with van der Waals surface area (Å²) in [5.41, 5.74) is 5.58. The molecule has 0 aromatic heterocycles. The first kappa shape index (κ1) is 12.7. The van der Waals surface area contributed by atoms with Crippen molar-refractivity contribution >= 4 is 6.09 Å². The van der Waals surface area contributed by atoms with E-state index in [9.17, 15) is 4.79 Å². The SMILES string of the molecule is CC(C)(C)OC(=O)N1CC[C@@H]2C[C@H](N)C[C@@H]2C1. The van der Waals surface area contributed by atoms with E-state index in [2.05, 4.69) is 0 Å². The van der Waals surface area contributed by atoms with Gasteiger partial charge in [0.25, 0.3) is 0 Å². The van der Waals surface area contributed by atoms with Gasteiger partial charge in [0.1, 0.15) is 5.60 Å². The minimum atomic E-state index is -0.403. The van der Waals surface area contributed by atoms with Gasteiger partial charge in [0.15, 0.2) is 0 Å². The predicted molar refractivity (Wildman–Crippen MR) is 66.6 cm³/mol. The zero-order chi connectivity index (χ0) is 12.6. The lowest BCUT2D eigenvalue weighted by Gasteiger charge is -2.35. The van der Waals surface area contributed by atoms with Crippen molar-refractivity contribution in [2.45, 2.75) is 51.7 Å². The lowest BCUT2D eigenvalue weighted by Crippen LogP contribution is -2.44. The molecule has 4 nitrogen and oxygen atoms in total. The number of fused-ring (bicyclic) bond motifs is 1. The molecule has 1 aliphatic carbocycles. The Morgan fingerprint density at radius 3 is 2.59 bits per heavy atom. The molecule has 4 heteroatoms. The summed E-state index contributed by atoms with van der Waals surface area (Å²) in [5, 5.41) is 0. The Kier molecular flexibility index (Phi) is 3.34. The van der Waals surface area contributed by atoms with Gasteiger partial charge in [-0.05, 0) is 51.9 Å². The molecule has 98 valence electrons. The highest BCUT2D eigenvalue weighted by atomic mass is 16.6. The average Bonchev–Trinajstić information content (AvgIpc) is 2.53. The molecule has 2 N–H and O–H groups in total. The van der Waals surface area contributed by atoms with E-state index in [0.717, 1.165) is 38.3 Å². The molecule has 1 saturated carbocycles. The Bertz CT molecular complexity index is 298. The van der Waals surface area contributed by atoms with E-state index in [-0.39, 0.29) is 6.09 Å². The first-order valence-electron chi connectivity index (χ1n) is 6.58. The first-order valence-corrected chi connectivity index (χ1v) is 6.58. The summed E-state index contributed by atoms with van der Waals surface area (Å²) in [4.78, 5) is 13.8. The van der Waals surface area contributed by atoms with Crippen molar-refractivity contribution in [1.82, 2.24) is 4.90 Å². The van der Waals surface area contributed by atoms with Crippen LogP contribution in [0.2, 0.25) is 0 Å². The monoisotopic (exact) mass is 240 g/mol. The van der Waals surface area contributed by atoms with Crippen molar-refractivity contribution in [3.63, 3.8) is 0 Å². The summed E-state index contributed by atoms with van der Waals surface area (Å²) in [6, 6.07) is 0.337. The van der Waals surface area contributed by atoms with Crippen LogP contribution in [0.3, 0.4) is 0 Å². The maximum Gasteiger partial charge on any atom is 0.410 e. The normalized spacial score (nSPS) is 33.4. The summed E-state index contributed by atoms with van der Waals surface area (Å²) < 4.78 is 5.41. The van der Waals surface area contributed by atoms with Gasteiger partial charge in [0.2, 0.25) is 0 Å². The van der Waals surface area contributed by atoms with E-state index < -0.39 is 5.60 Å². The van der Waals surface area contributed by atoms with Crippen LogP contribution in [0.25, 0.3) is 0 Å². The van der Waals surface area contributed by atoms with Crippen molar-refractivity contribution in [1.29, 1.82) is 0 Å². The highest BCUT2D eigenvalue weighted by molar-refractivity contribution is 5.68. The third kappa shape index (κ3) is 3.12. The summed E-state index contributed by atoms with van der Waals surface area (Å²) in [6.45, 7) is 7.37. The second kappa shape index (κ2) is 4.48. The minimum absolute atomic E-state index is 0.170. The van der Waals surface area contributed by atoms with E-state index >= 15 is 0 Å². The molecule has 1 heterocycles. The van der Waals surface area contributed by atoms with Crippen LogP contribution in [0.4, 0.5) is 4.79 Å². The number of hydrogen-bond donors (Lipinski definition) is 1. The average molecular weight is 240 g/mol. The molecule has 0 aromatic rings. The zero-order valence-corrected chi connectivity index (χ0v) is 11.1. The molecule has 2 aliphatic rings. The number of nitrogens with zero attached hydrogens (tertiary/aromatic N) is 1. The van der Waals surface area contributed by atoms with Crippen LogP contribution in [-0.2, 0) is 4.74 Å². The van der Waals surface area contributed by atoms with E-state index in [1.54, 1.807) is 0 Å². The molecular weight excluding hydrogens is 216 g/mol. The van der Waals surface area contributed by atoms with Gasteiger partial charge in [-0.1, -0.05) is 0 Å². The number of amides is 1. The predicted octanol–water partition coefficient (Wildman–Crippen LogP) is 1.98. The van der Waals surface area contributed by atoms with Crippen molar-refractivity contribution in [2.24, 2.45) is 17.6 Å². The number of carbonyl (C=O) groups is 1. The van der Waals surface area contributed by atoms with Crippen LogP contribution in [0, 0.1) is 11.8 Å². The molecule has 2 fully saturated rings. The van der Waals surface area contributed by atoms with E-state index in [1.807, 2.05) is 25.7 Å². The van der Waals surface area contributed by atoms with Crippen molar-refractivity contribution in [3.8, 4) is 0 Å². The molecule has 0 spiro atoms. The van der Waals surface area contributed by atoms with Gasteiger partial charge in [0.05, 0.1) is 0 Å². The molecule has 0 bridgehead atoms. The Morgan fingerprint density at radius 1 is 1.29 bits per heavy atom. The van der Waals surface area contributed by atoms with Crippen molar-refractivity contribution in [2.75, 3.05) is 13.1 Å². The molecule has 17 heavy (non-hydrogen) atoms. The number of hydrogen-bond acceptors (Lipinski definition) is 3. The zero-order valence-electron chi connectivity index (χ0n) is 11.1. The molecule has 1 aliphatic heterocycles. The molecule has 3 atom stereocenters. The van der Waals surface area contributed by atoms with Crippen LogP contribution < -0.4 is 5.73 Å². The quantitative estimate of drug-likeness (QED) is 0.704. The molecule has 1 amide bonds. The Hall–Kier alpha value is -0.770. The number of ether oxygens (including phenoxy) is 1. The highest BCUT2D eigenvalue weighted by Crippen LogP contribution is 2.37. The van der Waals surface area contributed by atoms with E-state index in [4.69, 9.17) is 10.5 Å². The number of likely N-dealkylation sites (tertiary alicyclic amines) is 1. The topological polar surface area (TPSA) is 55.6 Å². The number of carbonyl (C=O) groups excluding carboxylic acids is 1. The minimum Gasteiger partial charge on any atom is -0.444 e.